The Bertz CT molecular complexity index is 1100. The van der Waals surface area contributed by atoms with Gasteiger partial charge in [0.1, 0.15) is 18.9 Å². The Morgan fingerprint density at radius 1 is 0.870 bits per heavy atom. The number of carbonyl (C=O) groups is 2. The van der Waals surface area contributed by atoms with E-state index in [4.69, 9.17) is 9.05 Å². The van der Waals surface area contributed by atoms with Crippen LogP contribution in [0.2, 0.25) is 0 Å². The zero-order chi connectivity index (χ0) is 40.2. The highest BCUT2D eigenvalue weighted by molar-refractivity contribution is 7.47. The maximum Gasteiger partial charge on any atom is 0.472 e. The number of Topliss-reactive ketones (excluding diaryl/α,β-unsaturated/α-hetero) is 1. The molecule has 0 aliphatic heterocycles. The molecule has 11 nitrogen and oxygen atoms in total. The molecule has 12 heteroatoms. The van der Waals surface area contributed by atoms with E-state index in [0.29, 0.717) is 30.3 Å². The van der Waals surface area contributed by atoms with E-state index in [1.54, 1.807) is 18.2 Å². The molecule has 5 N–H and O–H groups in total. The van der Waals surface area contributed by atoms with E-state index in [2.05, 4.69) is 19.2 Å². The first-order valence-corrected chi connectivity index (χ1v) is 22.8. The van der Waals surface area contributed by atoms with Crippen LogP contribution in [0, 0.1) is 11.8 Å². The van der Waals surface area contributed by atoms with E-state index in [9.17, 15) is 34.4 Å². The highest BCUT2D eigenvalue weighted by atomic mass is 31.2. The zero-order valence-corrected chi connectivity index (χ0v) is 35.6. The maximum atomic E-state index is 12.9. The van der Waals surface area contributed by atoms with Gasteiger partial charge in [-0.05, 0) is 38.0 Å². The number of quaternary nitrogens is 1. The largest absolute Gasteiger partial charge is 0.472 e. The zero-order valence-electron chi connectivity index (χ0n) is 34.7. The molecule has 0 heterocycles. The van der Waals surface area contributed by atoms with E-state index in [1.165, 1.54) is 51.4 Å². The molecule has 1 unspecified atom stereocenters. The van der Waals surface area contributed by atoms with Crippen LogP contribution in [-0.4, -0.2) is 102 Å². The lowest BCUT2D eigenvalue weighted by Gasteiger charge is -2.25. The molecule has 0 aromatic heterocycles. The molecule has 1 aliphatic carbocycles. The van der Waals surface area contributed by atoms with Crippen LogP contribution in [0.1, 0.15) is 155 Å². The molecule has 1 saturated carbocycles. The van der Waals surface area contributed by atoms with Crippen molar-refractivity contribution >= 4 is 19.5 Å². The molecule has 0 radical (unpaired) electrons. The van der Waals surface area contributed by atoms with Crippen LogP contribution in [0.15, 0.2) is 24.3 Å². The normalized spacial score (nSPS) is 20.8. The number of ketones is 1. The third kappa shape index (κ3) is 25.7. The summed E-state index contributed by atoms with van der Waals surface area (Å²) in [5.41, 5.74) is 0. The van der Waals surface area contributed by atoms with E-state index >= 15 is 0 Å². The van der Waals surface area contributed by atoms with Crippen molar-refractivity contribution in [3.8, 4) is 0 Å². The van der Waals surface area contributed by atoms with Crippen molar-refractivity contribution in [2.45, 2.75) is 179 Å². The van der Waals surface area contributed by atoms with E-state index in [1.807, 2.05) is 27.2 Å². The van der Waals surface area contributed by atoms with Crippen molar-refractivity contribution in [3.05, 3.63) is 24.3 Å². The van der Waals surface area contributed by atoms with Crippen LogP contribution < -0.4 is 5.32 Å². The maximum absolute atomic E-state index is 12.9. The predicted molar refractivity (Wildman–Crippen MR) is 218 cm³/mol. The Hall–Kier alpha value is -1.43. The second-order valence-corrected chi connectivity index (χ2v) is 18.0. The number of likely N-dealkylation sites (N-methyl/N-ethyl adjacent to an activating group) is 1. The first-order chi connectivity index (χ1) is 25.7. The SMILES string of the molecule is CCCCCCCCCCCC/C=C/[C@@H](O)[C@H](COP(=O)(O)OCC[N+](C)(C)C)NC(=O)CCCCCC[C@H]1[C@@H](O)CC(=O)[C@@H]1/C=C/[C@@H](O)CCCCC. The van der Waals surface area contributed by atoms with Crippen LogP contribution in [0.4, 0.5) is 0 Å². The van der Waals surface area contributed by atoms with Crippen molar-refractivity contribution in [3.63, 3.8) is 0 Å². The number of phosphoric acid groups is 1. The molecule has 7 atom stereocenters. The second-order valence-electron chi connectivity index (χ2n) is 16.5. The smallest absolute Gasteiger partial charge is 0.392 e. The fourth-order valence-electron chi connectivity index (χ4n) is 6.83. The lowest BCUT2D eigenvalue weighted by molar-refractivity contribution is -0.870. The first kappa shape index (κ1) is 50.6. The molecule has 0 saturated heterocycles. The molecule has 0 spiro atoms. The van der Waals surface area contributed by atoms with Crippen molar-refractivity contribution in [1.29, 1.82) is 0 Å². The van der Waals surface area contributed by atoms with Crippen LogP contribution in [-0.2, 0) is 23.2 Å². The summed E-state index contributed by atoms with van der Waals surface area (Å²) >= 11 is 0. The second kappa shape index (κ2) is 29.8. The van der Waals surface area contributed by atoms with Gasteiger partial charge < -0.3 is 30.0 Å². The fourth-order valence-corrected chi connectivity index (χ4v) is 7.56. The van der Waals surface area contributed by atoms with Gasteiger partial charge in [0.15, 0.2) is 0 Å². The number of phosphoric ester groups is 1. The molecule has 1 fully saturated rings. The van der Waals surface area contributed by atoms with Gasteiger partial charge in [-0.2, -0.15) is 0 Å². The lowest BCUT2D eigenvalue weighted by Crippen LogP contribution is -2.45. The summed E-state index contributed by atoms with van der Waals surface area (Å²) in [6, 6.07) is -0.930. The summed E-state index contributed by atoms with van der Waals surface area (Å²) in [5, 5.41) is 34.6. The van der Waals surface area contributed by atoms with Gasteiger partial charge in [0.05, 0.1) is 52.1 Å². The van der Waals surface area contributed by atoms with Gasteiger partial charge in [-0.3, -0.25) is 18.6 Å². The first-order valence-electron chi connectivity index (χ1n) is 21.3. The average Bonchev–Trinajstić information content (AvgIpc) is 3.37. The Morgan fingerprint density at radius 2 is 1.46 bits per heavy atom. The topological polar surface area (TPSA) is 163 Å². The summed E-state index contributed by atoms with van der Waals surface area (Å²) in [6.45, 7) is 4.48. The number of aliphatic hydroxyl groups excluding tert-OH is 3. The molecule has 1 amide bonds. The van der Waals surface area contributed by atoms with Gasteiger partial charge in [0.2, 0.25) is 5.91 Å². The van der Waals surface area contributed by atoms with E-state index < -0.39 is 32.2 Å². The number of amides is 1. The number of hydrogen-bond acceptors (Lipinski definition) is 8. The summed E-state index contributed by atoms with van der Waals surface area (Å²) < 4.78 is 23.5. The van der Waals surface area contributed by atoms with Crippen molar-refractivity contribution in [2.75, 3.05) is 40.9 Å². The minimum atomic E-state index is -4.40. The van der Waals surface area contributed by atoms with Gasteiger partial charge >= 0.3 is 7.82 Å². The Morgan fingerprint density at radius 3 is 2.11 bits per heavy atom. The number of carbonyl (C=O) groups excluding carboxylic acids is 2. The van der Waals surface area contributed by atoms with Crippen LogP contribution in [0.25, 0.3) is 0 Å². The van der Waals surface area contributed by atoms with Gasteiger partial charge in [-0.1, -0.05) is 134 Å². The molecule has 0 bridgehead atoms. The molecule has 54 heavy (non-hydrogen) atoms. The third-order valence-corrected chi connectivity index (χ3v) is 11.3. The minimum Gasteiger partial charge on any atom is -0.392 e. The molecule has 0 aromatic carbocycles. The van der Waals surface area contributed by atoms with Crippen LogP contribution in [0.5, 0.6) is 0 Å². The van der Waals surface area contributed by atoms with Crippen molar-refractivity contribution in [1.82, 2.24) is 5.32 Å². The van der Waals surface area contributed by atoms with Gasteiger partial charge in [-0.15, -0.1) is 0 Å². The number of hydrogen-bond donors (Lipinski definition) is 5. The number of rotatable bonds is 34. The van der Waals surface area contributed by atoms with Gasteiger partial charge in [0.25, 0.3) is 0 Å². The Labute approximate surface area is 328 Å². The standard InChI is InChI=1S/C42H79N2O9P/c1-6-8-10-11-12-13-14-15-16-17-18-23-27-39(46)38(34-53-54(50,51)52-32-31-44(3,4)5)43-42(49)28-24-20-19-22-26-36-37(41(48)33-40(36)47)30-29-35(45)25-21-9-7-2/h23,27,29-30,35-40,45-47H,6-22,24-26,28,31-34H2,1-5H3,(H-,43,49,50,51)/p+1/b27-23+,30-29+/t35-,36+,37+,38-,39+,40-/m0/s1. The fraction of sp³-hybridized carbons (Fsp3) is 0.857. The third-order valence-electron chi connectivity index (χ3n) is 10.3. The number of nitrogens with one attached hydrogen (secondary N) is 1. The summed E-state index contributed by atoms with van der Waals surface area (Å²) in [6.07, 6.45) is 25.7. The Balaban J connectivity index is 2.57. The number of aliphatic hydroxyl groups is 3. The average molecular weight is 788 g/mol. The molecular weight excluding hydrogens is 707 g/mol. The summed E-state index contributed by atoms with van der Waals surface area (Å²) in [5.74, 6) is -0.814. The van der Waals surface area contributed by atoms with Gasteiger partial charge in [-0.25, -0.2) is 4.57 Å². The summed E-state index contributed by atoms with van der Waals surface area (Å²) in [4.78, 5) is 35.8. The van der Waals surface area contributed by atoms with E-state index in [-0.39, 0.29) is 49.6 Å². The van der Waals surface area contributed by atoms with E-state index in [0.717, 1.165) is 57.8 Å². The quantitative estimate of drug-likeness (QED) is 0.0189. The number of allylic oxidation sites excluding steroid dienone is 2. The highest BCUT2D eigenvalue weighted by Gasteiger charge is 2.39. The van der Waals surface area contributed by atoms with Crippen LogP contribution in [0.3, 0.4) is 0 Å². The van der Waals surface area contributed by atoms with Gasteiger partial charge in [0, 0.05) is 18.8 Å². The highest BCUT2D eigenvalue weighted by Crippen LogP contribution is 2.43. The summed E-state index contributed by atoms with van der Waals surface area (Å²) in [7, 11) is 1.42. The predicted octanol–water partition coefficient (Wildman–Crippen LogP) is 7.94. The molecule has 1 aliphatic rings. The van der Waals surface area contributed by atoms with Crippen molar-refractivity contribution in [2.24, 2.45) is 11.8 Å². The van der Waals surface area contributed by atoms with Crippen LogP contribution >= 0.6 is 7.82 Å². The Kier molecular flexibility index (Phi) is 27.9. The minimum absolute atomic E-state index is 0.0174. The lowest BCUT2D eigenvalue weighted by atomic mass is 9.88. The molecule has 0 aromatic rings. The molecule has 1 rings (SSSR count). The monoisotopic (exact) mass is 788 g/mol. The molecular formula is C42H80N2O9P+. The molecule has 316 valence electrons. The van der Waals surface area contributed by atoms with Crippen molar-refractivity contribution < 1.29 is 47.9 Å². The number of unbranched alkanes of at least 4 members (excludes halogenated alkanes) is 15. The number of nitrogens with zero attached hydrogens (tertiary/aromatic N) is 1.